The van der Waals surface area contributed by atoms with Crippen molar-refractivity contribution in [1.82, 2.24) is 29.5 Å². The molecule has 1 amide bonds. The third kappa shape index (κ3) is 4.53. The van der Waals surface area contributed by atoms with Gasteiger partial charge in [0.15, 0.2) is 0 Å². The Labute approximate surface area is 181 Å². The molecule has 0 aliphatic carbocycles. The molecule has 8 heteroatoms. The Balaban J connectivity index is 1.53. The molecule has 0 aliphatic rings. The number of hydrogen-bond donors (Lipinski definition) is 1. The summed E-state index contributed by atoms with van der Waals surface area (Å²) in [5.41, 5.74) is 6.18. The molecule has 0 bridgehead atoms. The Morgan fingerprint density at radius 2 is 1.48 bits per heavy atom. The molecule has 0 fully saturated rings. The number of aryl methyl sites for hydroxylation is 5. The number of nitrogens with one attached hydrogen (secondary N) is 1. The first-order chi connectivity index (χ1) is 14.8. The second kappa shape index (κ2) is 8.14. The number of aromatic nitrogens is 6. The lowest BCUT2D eigenvalue weighted by atomic mass is 10.1. The molecule has 0 aliphatic heterocycles. The minimum atomic E-state index is -0.219. The normalized spacial score (nSPS) is 11.0. The van der Waals surface area contributed by atoms with E-state index in [2.05, 4.69) is 25.5 Å². The highest BCUT2D eigenvalue weighted by Crippen LogP contribution is 2.17. The molecule has 1 N–H and O–H groups in total. The first kappa shape index (κ1) is 20.5. The van der Waals surface area contributed by atoms with Gasteiger partial charge in [0.25, 0.3) is 11.9 Å². The van der Waals surface area contributed by atoms with Crippen molar-refractivity contribution in [3.05, 3.63) is 82.1 Å². The zero-order valence-corrected chi connectivity index (χ0v) is 18.3. The average molecular weight is 416 g/mol. The maximum atomic E-state index is 12.9. The molecule has 0 saturated heterocycles. The van der Waals surface area contributed by atoms with Crippen LogP contribution in [0, 0.1) is 34.6 Å². The van der Waals surface area contributed by atoms with Crippen LogP contribution in [0.4, 0.5) is 5.82 Å². The minimum Gasteiger partial charge on any atom is -0.306 e. The average Bonchev–Trinajstić information content (AvgIpc) is 3.22. The van der Waals surface area contributed by atoms with Crippen molar-refractivity contribution in [2.75, 3.05) is 5.32 Å². The zero-order chi connectivity index (χ0) is 22.1. The van der Waals surface area contributed by atoms with E-state index in [1.807, 2.05) is 75.7 Å². The highest BCUT2D eigenvalue weighted by molar-refractivity contribution is 6.03. The number of benzene rings is 1. The molecule has 4 aromatic rings. The topological polar surface area (TPSA) is 90.5 Å². The van der Waals surface area contributed by atoms with Gasteiger partial charge in [-0.15, -0.1) is 0 Å². The van der Waals surface area contributed by atoms with Gasteiger partial charge in [-0.1, -0.05) is 12.1 Å². The van der Waals surface area contributed by atoms with Crippen LogP contribution in [0.5, 0.6) is 0 Å². The molecular formula is C23H25N7O. The molecule has 1 aromatic carbocycles. The molecule has 0 unspecified atom stereocenters. The van der Waals surface area contributed by atoms with Crippen LogP contribution in [0.15, 0.2) is 42.5 Å². The van der Waals surface area contributed by atoms with Gasteiger partial charge < -0.3 is 5.32 Å². The van der Waals surface area contributed by atoms with E-state index in [1.165, 1.54) is 0 Å². The highest BCUT2D eigenvalue weighted by Gasteiger charge is 2.15. The van der Waals surface area contributed by atoms with E-state index in [0.717, 1.165) is 34.0 Å². The molecular weight excluding hydrogens is 390 g/mol. The van der Waals surface area contributed by atoms with E-state index >= 15 is 0 Å². The van der Waals surface area contributed by atoms with Gasteiger partial charge in [-0.25, -0.2) is 9.97 Å². The van der Waals surface area contributed by atoms with Gasteiger partial charge in [0.1, 0.15) is 5.82 Å². The van der Waals surface area contributed by atoms with Gasteiger partial charge in [0, 0.05) is 28.7 Å². The molecule has 0 radical (unpaired) electrons. The maximum Gasteiger partial charge on any atom is 0.256 e. The van der Waals surface area contributed by atoms with Crippen molar-refractivity contribution in [2.45, 2.75) is 41.2 Å². The molecule has 0 saturated carbocycles. The van der Waals surface area contributed by atoms with Crippen LogP contribution in [0.25, 0.3) is 5.95 Å². The molecule has 0 spiro atoms. The molecule has 31 heavy (non-hydrogen) atoms. The summed E-state index contributed by atoms with van der Waals surface area (Å²) in [7, 11) is 0. The summed E-state index contributed by atoms with van der Waals surface area (Å²) < 4.78 is 3.51. The number of rotatable bonds is 5. The summed E-state index contributed by atoms with van der Waals surface area (Å²) in [4.78, 5) is 21.8. The third-order valence-corrected chi connectivity index (χ3v) is 4.88. The molecule has 0 atom stereocenters. The Bertz CT molecular complexity index is 1230. The standard InChI is InChI=1S/C23H25N7O/c1-14-10-15(2)25-23(24-14)30-21(12-17(4)28-30)26-22(31)20-8-6-19(7-9-20)13-29-18(5)11-16(3)27-29/h6-12H,13H2,1-5H3,(H,26,31). The fourth-order valence-corrected chi connectivity index (χ4v) is 3.50. The van der Waals surface area contributed by atoms with Gasteiger partial charge in [-0.05, 0) is 64.4 Å². The van der Waals surface area contributed by atoms with Crippen molar-refractivity contribution >= 4 is 11.7 Å². The predicted octanol–water partition coefficient (Wildman–Crippen LogP) is 3.70. The van der Waals surface area contributed by atoms with Gasteiger partial charge in [0.05, 0.1) is 17.9 Å². The summed E-state index contributed by atoms with van der Waals surface area (Å²) in [5.74, 6) is 0.739. The molecule has 3 aromatic heterocycles. The van der Waals surface area contributed by atoms with Crippen LogP contribution in [-0.2, 0) is 6.54 Å². The zero-order valence-electron chi connectivity index (χ0n) is 18.3. The SMILES string of the molecule is Cc1cc(C)nc(-n2nc(C)cc2NC(=O)c2ccc(Cn3nc(C)cc3C)cc2)n1. The smallest absolute Gasteiger partial charge is 0.256 e. The Kier molecular flexibility index (Phi) is 5.37. The van der Waals surface area contributed by atoms with Gasteiger partial charge in [0.2, 0.25) is 0 Å². The van der Waals surface area contributed by atoms with E-state index < -0.39 is 0 Å². The quantitative estimate of drug-likeness (QED) is 0.537. The monoisotopic (exact) mass is 415 g/mol. The lowest BCUT2D eigenvalue weighted by Crippen LogP contribution is -2.16. The highest BCUT2D eigenvalue weighted by atomic mass is 16.1. The lowest BCUT2D eigenvalue weighted by molar-refractivity contribution is 0.102. The predicted molar refractivity (Wildman–Crippen MR) is 119 cm³/mol. The number of hydrogen-bond acceptors (Lipinski definition) is 5. The summed E-state index contributed by atoms with van der Waals surface area (Å²) in [6.07, 6.45) is 0. The summed E-state index contributed by atoms with van der Waals surface area (Å²) in [6, 6.07) is 13.3. The Morgan fingerprint density at radius 3 is 2.10 bits per heavy atom. The van der Waals surface area contributed by atoms with Crippen LogP contribution in [0.1, 0.15) is 44.4 Å². The fraction of sp³-hybridized carbons (Fsp3) is 0.261. The third-order valence-electron chi connectivity index (χ3n) is 4.88. The van der Waals surface area contributed by atoms with Crippen LogP contribution in [-0.4, -0.2) is 35.4 Å². The van der Waals surface area contributed by atoms with Crippen molar-refractivity contribution in [1.29, 1.82) is 0 Å². The second-order valence-corrected chi connectivity index (χ2v) is 7.77. The second-order valence-electron chi connectivity index (χ2n) is 7.77. The minimum absolute atomic E-state index is 0.219. The van der Waals surface area contributed by atoms with E-state index in [4.69, 9.17) is 0 Å². The van der Waals surface area contributed by atoms with Crippen molar-refractivity contribution in [3.63, 3.8) is 0 Å². The number of carbonyl (C=O) groups is 1. The first-order valence-corrected chi connectivity index (χ1v) is 10.1. The number of anilines is 1. The van der Waals surface area contributed by atoms with Gasteiger partial charge in [-0.3, -0.25) is 9.48 Å². The molecule has 8 nitrogen and oxygen atoms in total. The molecule has 158 valence electrons. The Hall–Kier alpha value is -3.81. The molecule has 3 heterocycles. The van der Waals surface area contributed by atoms with Crippen molar-refractivity contribution < 1.29 is 4.79 Å². The summed E-state index contributed by atoms with van der Waals surface area (Å²) in [5, 5.41) is 11.9. The van der Waals surface area contributed by atoms with E-state index in [9.17, 15) is 4.79 Å². The Morgan fingerprint density at radius 1 is 0.839 bits per heavy atom. The van der Waals surface area contributed by atoms with Crippen LogP contribution in [0.2, 0.25) is 0 Å². The number of amides is 1. The van der Waals surface area contributed by atoms with Gasteiger partial charge >= 0.3 is 0 Å². The number of nitrogens with zero attached hydrogens (tertiary/aromatic N) is 6. The van der Waals surface area contributed by atoms with E-state index in [0.29, 0.717) is 23.9 Å². The largest absolute Gasteiger partial charge is 0.306 e. The van der Waals surface area contributed by atoms with E-state index in [-0.39, 0.29) is 5.91 Å². The number of carbonyl (C=O) groups excluding carboxylic acids is 1. The van der Waals surface area contributed by atoms with Crippen molar-refractivity contribution in [3.8, 4) is 5.95 Å². The van der Waals surface area contributed by atoms with Crippen LogP contribution < -0.4 is 5.32 Å². The van der Waals surface area contributed by atoms with E-state index in [1.54, 1.807) is 10.7 Å². The van der Waals surface area contributed by atoms with Crippen molar-refractivity contribution in [2.24, 2.45) is 0 Å². The van der Waals surface area contributed by atoms with Crippen LogP contribution in [0.3, 0.4) is 0 Å². The van der Waals surface area contributed by atoms with Gasteiger partial charge in [-0.2, -0.15) is 14.9 Å². The summed E-state index contributed by atoms with van der Waals surface area (Å²) in [6.45, 7) is 10.3. The molecule has 4 rings (SSSR count). The lowest BCUT2D eigenvalue weighted by Gasteiger charge is -2.10. The van der Waals surface area contributed by atoms with Crippen LogP contribution >= 0.6 is 0 Å². The maximum absolute atomic E-state index is 12.9. The summed E-state index contributed by atoms with van der Waals surface area (Å²) >= 11 is 0. The first-order valence-electron chi connectivity index (χ1n) is 10.1. The fourth-order valence-electron chi connectivity index (χ4n) is 3.50.